The quantitative estimate of drug-likeness (QED) is 0.681. The van der Waals surface area contributed by atoms with Crippen LogP contribution in [0.2, 0.25) is 10.0 Å². The van der Waals surface area contributed by atoms with Gasteiger partial charge in [0, 0.05) is 10.5 Å². The molecule has 0 aliphatic heterocycles. The van der Waals surface area contributed by atoms with Gasteiger partial charge in [-0.15, -0.1) is 0 Å². The second-order valence-electron chi connectivity index (χ2n) is 4.70. The third kappa shape index (κ3) is 4.19. The van der Waals surface area contributed by atoms with Crippen molar-refractivity contribution in [3.8, 4) is 0 Å². The van der Waals surface area contributed by atoms with E-state index in [-0.39, 0.29) is 16.9 Å². The van der Waals surface area contributed by atoms with Crippen molar-refractivity contribution in [1.82, 2.24) is 5.32 Å². The van der Waals surface area contributed by atoms with Crippen molar-refractivity contribution in [3.63, 3.8) is 0 Å². The van der Waals surface area contributed by atoms with Crippen molar-refractivity contribution in [2.45, 2.75) is 19.4 Å². The fourth-order valence-corrected chi connectivity index (χ4v) is 2.92. The summed E-state index contributed by atoms with van der Waals surface area (Å²) in [6.45, 7) is 2.80. The zero-order chi connectivity index (χ0) is 15.4. The lowest BCUT2D eigenvalue weighted by Crippen LogP contribution is -2.23. The molecule has 0 amide bonds. The first kappa shape index (κ1) is 16.8. The van der Waals surface area contributed by atoms with Gasteiger partial charge in [0.25, 0.3) is 0 Å². The van der Waals surface area contributed by atoms with Gasteiger partial charge in [-0.1, -0.05) is 48.3 Å². The Morgan fingerprint density at radius 1 is 1.19 bits per heavy atom. The molecule has 21 heavy (non-hydrogen) atoms. The van der Waals surface area contributed by atoms with E-state index in [1.54, 1.807) is 18.2 Å². The Balaban J connectivity index is 2.30. The van der Waals surface area contributed by atoms with Crippen LogP contribution in [0.4, 0.5) is 4.39 Å². The first-order valence-electron chi connectivity index (χ1n) is 6.64. The Kier molecular flexibility index (Phi) is 6.06. The van der Waals surface area contributed by atoms with Crippen LogP contribution in [0.5, 0.6) is 0 Å². The predicted molar refractivity (Wildman–Crippen MR) is 90.7 cm³/mol. The third-order valence-electron chi connectivity index (χ3n) is 3.25. The van der Waals surface area contributed by atoms with Crippen LogP contribution in [-0.4, -0.2) is 6.54 Å². The monoisotopic (exact) mass is 389 g/mol. The Bertz CT molecular complexity index is 634. The lowest BCUT2D eigenvalue weighted by molar-refractivity contribution is 0.528. The molecule has 0 radical (unpaired) electrons. The van der Waals surface area contributed by atoms with Crippen LogP contribution < -0.4 is 5.32 Å². The van der Waals surface area contributed by atoms with Crippen LogP contribution >= 0.6 is 39.1 Å². The Hall–Kier alpha value is -0.610. The van der Waals surface area contributed by atoms with Crippen LogP contribution in [0.25, 0.3) is 0 Å². The Morgan fingerprint density at radius 2 is 1.95 bits per heavy atom. The summed E-state index contributed by atoms with van der Waals surface area (Å²) in [4.78, 5) is 0. The van der Waals surface area contributed by atoms with E-state index < -0.39 is 0 Å². The zero-order valence-corrected chi connectivity index (χ0v) is 14.6. The normalized spacial score (nSPS) is 12.4. The minimum Gasteiger partial charge on any atom is -0.310 e. The molecule has 1 unspecified atom stereocenters. The van der Waals surface area contributed by atoms with Crippen molar-refractivity contribution in [1.29, 1.82) is 0 Å². The van der Waals surface area contributed by atoms with E-state index in [2.05, 4.69) is 21.2 Å². The van der Waals surface area contributed by atoms with E-state index >= 15 is 0 Å². The van der Waals surface area contributed by atoms with E-state index in [0.717, 1.165) is 16.6 Å². The fourth-order valence-electron chi connectivity index (χ4n) is 2.21. The molecule has 0 spiro atoms. The van der Waals surface area contributed by atoms with E-state index in [1.807, 2.05) is 25.1 Å². The second kappa shape index (κ2) is 7.59. The van der Waals surface area contributed by atoms with Crippen molar-refractivity contribution in [2.75, 3.05) is 6.54 Å². The standard InChI is InChI=1S/C16H15BrCl2FN/c1-2-21-15(10-6-7-13(18)12(17)8-10)9-11-4-3-5-14(19)16(11)20/h3-8,15,21H,2,9H2,1H3. The van der Waals surface area contributed by atoms with E-state index in [0.29, 0.717) is 17.0 Å². The van der Waals surface area contributed by atoms with Crippen LogP contribution in [0, 0.1) is 5.82 Å². The average Bonchev–Trinajstić information content (AvgIpc) is 2.46. The lowest BCUT2D eigenvalue weighted by atomic mass is 9.98. The van der Waals surface area contributed by atoms with Crippen molar-refractivity contribution >= 4 is 39.1 Å². The molecule has 2 rings (SSSR count). The number of nitrogens with one attached hydrogen (secondary N) is 1. The highest BCUT2D eigenvalue weighted by Crippen LogP contribution is 2.29. The molecule has 1 atom stereocenters. The minimum atomic E-state index is -0.352. The molecule has 2 aromatic carbocycles. The van der Waals surface area contributed by atoms with Crippen LogP contribution in [0.1, 0.15) is 24.1 Å². The number of hydrogen-bond donors (Lipinski definition) is 1. The molecular weight excluding hydrogens is 376 g/mol. The maximum Gasteiger partial charge on any atom is 0.145 e. The van der Waals surface area contributed by atoms with Crippen molar-refractivity contribution < 1.29 is 4.39 Å². The van der Waals surface area contributed by atoms with Gasteiger partial charge in [-0.3, -0.25) is 0 Å². The Labute approximate surface area is 142 Å². The van der Waals surface area contributed by atoms with Crippen molar-refractivity contribution in [2.24, 2.45) is 0 Å². The molecule has 0 aromatic heterocycles. The van der Waals surface area contributed by atoms with Gasteiger partial charge in [-0.05, 0) is 58.2 Å². The van der Waals surface area contributed by atoms with Gasteiger partial charge < -0.3 is 5.32 Å². The summed E-state index contributed by atoms with van der Waals surface area (Å²) in [5.41, 5.74) is 1.65. The predicted octanol–water partition coefficient (Wildman–Crippen LogP) is 5.79. The second-order valence-corrected chi connectivity index (χ2v) is 6.37. The molecule has 112 valence electrons. The van der Waals surface area contributed by atoms with E-state index in [9.17, 15) is 4.39 Å². The third-order valence-corrected chi connectivity index (χ3v) is 4.76. The van der Waals surface area contributed by atoms with Gasteiger partial charge in [-0.25, -0.2) is 4.39 Å². The van der Waals surface area contributed by atoms with E-state index in [4.69, 9.17) is 23.2 Å². The summed E-state index contributed by atoms with van der Waals surface area (Å²) in [6.07, 6.45) is 0.522. The SMILES string of the molecule is CCNC(Cc1cccc(Cl)c1F)c1ccc(Cl)c(Br)c1. The van der Waals surface area contributed by atoms with Gasteiger partial charge in [0.2, 0.25) is 0 Å². The first-order valence-corrected chi connectivity index (χ1v) is 8.19. The van der Waals surface area contributed by atoms with Gasteiger partial charge in [0.1, 0.15) is 5.82 Å². The number of likely N-dealkylation sites (N-methyl/N-ethyl adjacent to an activating group) is 1. The first-order chi connectivity index (χ1) is 10.0. The topological polar surface area (TPSA) is 12.0 Å². The number of rotatable bonds is 5. The molecule has 0 aliphatic carbocycles. The summed E-state index contributed by atoms with van der Waals surface area (Å²) >= 11 is 15.3. The minimum absolute atomic E-state index is 0.00321. The molecule has 0 aliphatic rings. The maximum absolute atomic E-state index is 14.1. The summed E-state index contributed by atoms with van der Waals surface area (Å²) in [5, 5.41) is 4.18. The highest BCUT2D eigenvalue weighted by Gasteiger charge is 2.16. The van der Waals surface area contributed by atoms with Crippen LogP contribution in [-0.2, 0) is 6.42 Å². The number of halogens is 4. The summed E-state index contributed by atoms with van der Waals surface area (Å²) in [5.74, 6) is -0.352. The molecule has 1 N–H and O–H groups in total. The molecule has 1 nitrogen and oxygen atoms in total. The molecule has 0 bridgehead atoms. The molecule has 0 saturated heterocycles. The van der Waals surface area contributed by atoms with Gasteiger partial charge in [-0.2, -0.15) is 0 Å². The zero-order valence-electron chi connectivity index (χ0n) is 11.5. The smallest absolute Gasteiger partial charge is 0.145 e. The Morgan fingerprint density at radius 3 is 2.62 bits per heavy atom. The number of hydrogen-bond acceptors (Lipinski definition) is 1. The largest absolute Gasteiger partial charge is 0.310 e. The van der Waals surface area contributed by atoms with Gasteiger partial charge in [0.05, 0.1) is 10.0 Å². The van der Waals surface area contributed by atoms with E-state index in [1.165, 1.54) is 0 Å². The maximum atomic E-state index is 14.1. The van der Waals surface area contributed by atoms with Gasteiger partial charge >= 0.3 is 0 Å². The molecule has 0 saturated carbocycles. The van der Waals surface area contributed by atoms with Crippen LogP contribution in [0.3, 0.4) is 0 Å². The molecular formula is C16H15BrCl2FN. The van der Waals surface area contributed by atoms with Crippen LogP contribution in [0.15, 0.2) is 40.9 Å². The average molecular weight is 391 g/mol. The molecule has 0 fully saturated rings. The molecule has 5 heteroatoms. The summed E-state index contributed by atoms with van der Waals surface area (Å²) < 4.78 is 14.9. The highest BCUT2D eigenvalue weighted by atomic mass is 79.9. The fraction of sp³-hybridized carbons (Fsp3) is 0.250. The number of benzene rings is 2. The van der Waals surface area contributed by atoms with Crippen molar-refractivity contribution in [3.05, 3.63) is 67.9 Å². The summed E-state index contributed by atoms with van der Waals surface area (Å²) in [7, 11) is 0. The highest BCUT2D eigenvalue weighted by molar-refractivity contribution is 9.10. The van der Waals surface area contributed by atoms with Gasteiger partial charge in [0.15, 0.2) is 0 Å². The summed E-state index contributed by atoms with van der Waals surface area (Å²) in [6, 6.07) is 10.8. The molecule has 0 heterocycles. The lowest BCUT2D eigenvalue weighted by Gasteiger charge is -2.19. The molecule has 2 aromatic rings.